The van der Waals surface area contributed by atoms with Crippen LogP contribution in [0.4, 0.5) is 5.69 Å². The zero-order valence-corrected chi connectivity index (χ0v) is 12.8. The highest BCUT2D eigenvalue weighted by molar-refractivity contribution is 7.56. The van der Waals surface area contributed by atoms with Crippen LogP contribution in [0.3, 0.4) is 0 Å². The summed E-state index contributed by atoms with van der Waals surface area (Å²) in [4.78, 5) is 0. The third-order valence-electron chi connectivity index (χ3n) is 3.77. The Labute approximate surface area is 127 Å². The van der Waals surface area contributed by atoms with Crippen molar-refractivity contribution in [2.75, 3.05) is 11.3 Å². The number of benzene rings is 2. The Kier molecular flexibility index (Phi) is 3.00. The molecule has 0 spiro atoms. The van der Waals surface area contributed by atoms with E-state index >= 15 is 0 Å². The molecule has 2 aromatic rings. The van der Waals surface area contributed by atoms with E-state index in [0.717, 1.165) is 12.1 Å². The standard InChI is InChI=1S/C15H13ClNO3P/c16-12-5-7-14(8-6-12)20-21(18)17-13(10-19-21)9-11-3-1-2-4-15(11)17/h1-8,13H,9-10H2/t13-,21?/m0/s1. The van der Waals surface area contributed by atoms with Crippen molar-refractivity contribution < 1.29 is 13.6 Å². The predicted molar refractivity (Wildman–Crippen MR) is 82.1 cm³/mol. The first-order valence-corrected chi connectivity index (χ1v) is 8.60. The van der Waals surface area contributed by atoms with E-state index in [0.29, 0.717) is 17.4 Å². The molecule has 2 atom stereocenters. The van der Waals surface area contributed by atoms with Gasteiger partial charge in [0.25, 0.3) is 0 Å². The van der Waals surface area contributed by atoms with Gasteiger partial charge in [0, 0.05) is 5.02 Å². The molecule has 2 aliphatic rings. The molecule has 0 N–H and O–H groups in total. The van der Waals surface area contributed by atoms with Crippen molar-refractivity contribution in [1.82, 2.24) is 0 Å². The SMILES string of the molecule is O=P1(Oc2ccc(Cl)cc2)OC[C@@H]2Cc3ccccc3N21. The fraction of sp³-hybridized carbons (Fsp3) is 0.200. The summed E-state index contributed by atoms with van der Waals surface area (Å²) in [6.45, 7) is 0.416. The topological polar surface area (TPSA) is 38.8 Å². The van der Waals surface area contributed by atoms with E-state index in [-0.39, 0.29) is 6.04 Å². The molecule has 0 aliphatic carbocycles. The second kappa shape index (κ2) is 4.77. The van der Waals surface area contributed by atoms with Gasteiger partial charge in [-0.2, -0.15) is 0 Å². The van der Waals surface area contributed by atoms with Crippen molar-refractivity contribution in [1.29, 1.82) is 0 Å². The summed E-state index contributed by atoms with van der Waals surface area (Å²) in [5.74, 6) is 0.493. The maximum absolute atomic E-state index is 13.1. The minimum atomic E-state index is -3.35. The van der Waals surface area contributed by atoms with Gasteiger partial charge in [0.1, 0.15) is 5.75 Å². The van der Waals surface area contributed by atoms with Crippen LogP contribution in [0, 0.1) is 0 Å². The van der Waals surface area contributed by atoms with Gasteiger partial charge in [-0.1, -0.05) is 29.8 Å². The Balaban J connectivity index is 1.69. The molecule has 1 unspecified atom stereocenters. The summed E-state index contributed by atoms with van der Waals surface area (Å²) in [7, 11) is -3.35. The van der Waals surface area contributed by atoms with Crippen molar-refractivity contribution in [3.8, 4) is 5.75 Å². The van der Waals surface area contributed by atoms with Gasteiger partial charge in [0.2, 0.25) is 0 Å². The van der Waals surface area contributed by atoms with E-state index in [9.17, 15) is 4.57 Å². The zero-order valence-electron chi connectivity index (χ0n) is 11.1. The largest absolute Gasteiger partial charge is 0.489 e. The Bertz CT molecular complexity index is 734. The van der Waals surface area contributed by atoms with Gasteiger partial charge < -0.3 is 4.52 Å². The number of halogens is 1. The molecule has 2 aromatic carbocycles. The number of para-hydroxylation sites is 1. The highest BCUT2D eigenvalue weighted by Gasteiger charge is 2.51. The van der Waals surface area contributed by atoms with E-state index in [1.54, 1.807) is 28.9 Å². The molecule has 0 bridgehead atoms. The van der Waals surface area contributed by atoms with Crippen LogP contribution in [0.5, 0.6) is 5.75 Å². The number of hydrogen-bond donors (Lipinski definition) is 0. The number of fused-ring (bicyclic) bond motifs is 3. The molecule has 0 saturated carbocycles. The van der Waals surface area contributed by atoms with Crippen LogP contribution in [0.1, 0.15) is 5.56 Å². The lowest BCUT2D eigenvalue weighted by atomic mass is 10.1. The number of nitrogens with zero attached hydrogens (tertiary/aromatic N) is 1. The zero-order chi connectivity index (χ0) is 14.4. The average molecular weight is 322 g/mol. The molecule has 1 saturated heterocycles. The first kappa shape index (κ1) is 13.2. The third kappa shape index (κ3) is 2.15. The second-order valence-electron chi connectivity index (χ2n) is 5.14. The summed E-state index contributed by atoms with van der Waals surface area (Å²) in [6, 6.07) is 14.8. The summed E-state index contributed by atoms with van der Waals surface area (Å²) >= 11 is 5.85. The molecular weight excluding hydrogens is 309 g/mol. The molecule has 4 rings (SSSR count). The minimum Gasteiger partial charge on any atom is -0.409 e. The van der Waals surface area contributed by atoms with E-state index in [2.05, 4.69) is 6.07 Å². The van der Waals surface area contributed by atoms with Crippen LogP contribution >= 0.6 is 19.3 Å². The Morgan fingerprint density at radius 3 is 2.76 bits per heavy atom. The van der Waals surface area contributed by atoms with Crippen LogP contribution in [-0.2, 0) is 15.5 Å². The molecule has 0 aromatic heterocycles. The van der Waals surface area contributed by atoms with E-state index in [4.69, 9.17) is 20.6 Å². The molecule has 2 heterocycles. The molecule has 21 heavy (non-hydrogen) atoms. The van der Waals surface area contributed by atoms with Gasteiger partial charge >= 0.3 is 7.75 Å². The lowest BCUT2D eigenvalue weighted by Gasteiger charge is -2.24. The van der Waals surface area contributed by atoms with E-state index in [1.807, 2.05) is 18.2 Å². The molecule has 6 heteroatoms. The van der Waals surface area contributed by atoms with Gasteiger partial charge in [0.15, 0.2) is 0 Å². The highest BCUT2D eigenvalue weighted by atomic mass is 35.5. The summed E-state index contributed by atoms with van der Waals surface area (Å²) < 4.78 is 26.1. The average Bonchev–Trinajstić information content (AvgIpc) is 3.00. The highest BCUT2D eigenvalue weighted by Crippen LogP contribution is 2.62. The van der Waals surface area contributed by atoms with Gasteiger partial charge in [0.05, 0.1) is 18.3 Å². The van der Waals surface area contributed by atoms with Crippen LogP contribution in [0.15, 0.2) is 48.5 Å². The fourth-order valence-corrected chi connectivity index (χ4v) is 4.99. The third-order valence-corrected chi connectivity index (χ3v) is 6.01. The molecule has 4 nitrogen and oxygen atoms in total. The summed E-state index contributed by atoms with van der Waals surface area (Å²) in [6.07, 6.45) is 0.837. The van der Waals surface area contributed by atoms with Gasteiger partial charge in [-0.15, -0.1) is 0 Å². The Hall–Kier alpha value is -1.48. The van der Waals surface area contributed by atoms with Gasteiger partial charge in [-0.05, 0) is 42.3 Å². The molecule has 108 valence electrons. The number of hydrogen-bond acceptors (Lipinski definition) is 3. The Morgan fingerprint density at radius 2 is 1.95 bits per heavy atom. The minimum absolute atomic E-state index is 0.0838. The van der Waals surface area contributed by atoms with Crippen molar-refractivity contribution in [2.45, 2.75) is 12.5 Å². The summed E-state index contributed by atoms with van der Waals surface area (Å²) in [5, 5.41) is 0.609. The lowest BCUT2D eigenvalue weighted by molar-refractivity contribution is 0.292. The van der Waals surface area contributed by atoms with Gasteiger partial charge in [-0.3, -0.25) is 9.19 Å². The molecule has 0 amide bonds. The predicted octanol–water partition coefficient (Wildman–Crippen LogP) is 4.29. The number of anilines is 1. The van der Waals surface area contributed by atoms with Crippen LogP contribution in [0.2, 0.25) is 5.02 Å². The maximum Gasteiger partial charge on any atom is 0.489 e. The van der Waals surface area contributed by atoms with Crippen LogP contribution in [-0.4, -0.2) is 12.6 Å². The van der Waals surface area contributed by atoms with Gasteiger partial charge in [-0.25, -0.2) is 4.57 Å². The van der Waals surface area contributed by atoms with Crippen molar-refractivity contribution in [3.05, 3.63) is 59.1 Å². The smallest absolute Gasteiger partial charge is 0.409 e. The second-order valence-corrected chi connectivity index (χ2v) is 7.39. The normalized spacial score (nSPS) is 26.5. The maximum atomic E-state index is 13.1. The van der Waals surface area contributed by atoms with Crippen molar-refractivity contribution in [3.63, 3.8) is 0 Å². The molecule has 2 aliphatic heterocycles. The molecule has 1 fully saturated rings. The van der Waals surface area contributed by atoms with Crippen LogP contribution in [0.25, 0.3) is 0 Å². The Morgan fingerprint density at radius 1 is 1.19 bits per heavy atom. The van der Waals surface area contributed by atoms with Crippen molar-refractivity contribution >= 4 is 25.0 Å². The first-order chi connectivity index (χ1) is 10.2. The van der Waals surface area contributed by atoms with E-state index < -0.39 is 7.75 Å². The molecular formula is C15H13ClNO3P. The fourth-order valence-electron chi connectivity index (χ4n) is 2.85. The van der Waals surface area contributed by atoms with Crippen LogP contribution < -0.4 is 9.19 Å². The number of rotatable bonds is 2. The quantitative estimate of drug-likeness (QED) is 0.774. The van der Waals surface area contributed by atoms with Crippen molar-refractivity contribution in [2.24, 2.45) is 0 Å². The molecule has 0 radical (unpaired) electrons. The lowest BCUT2D eigenvalue weighted by Crippen LogP contribution is -2.25. The first-order valence-electron chi connectivity index (χ1n) is 6.73. The summed E-state index contributed by atoms with van der Waals surface area (Å²) in [5.41, 5.74) is 2.13. The van der Waals surface area contributed by atoms with E-state index in [1.165, 1.54) is 5.56 Å². The monoisotopic (exact) mass is 321 g/mol.